The number of benzene rings is 1. The highest BCUT2D eigenvalue weighted by Crippen LogP contribution is 2.34. The summed E-state index contributed by atoms with van der Waals surface area (Å²) in [6.45, 7) is 1.96. The molecule has 0 spiro atoms. The van der Waals surface area contributed by atoms with Crippen LogP contribution in [0.3, 0.4) is 0 Å². The van der Waals surface area contributed by atoms with Crippen LogP contribution in [0, 0.1) is 6.92 Å². The van der Waals surface area contributed by atoms with E-state index in [0.717, 1.165) is 27.6 Å². The molecule has 4 nitrogen and oxygen atoms in total. The van der Waals surface area contributed by atoms with Crippen molar-refractivity contribution >= 4 is 11.3 Å². The number of thiazole rings is 1. The SMILES string of the molecule is COc1ccc(OC)c(C(N)c2scnc2C)c1. The summed E-state index contributed by atoms with van der Waals surface area (Å²) in [7, 11) is 3.27. The van der Waals surface area contributed by atoms with Gasteiger partial charge in [0.2, 0.25) is 0 Å². The first kappa shape index (κ1) is 12.9. The minimum atomic E-state index is -0.248. The fraction of sp³-hybridized carbons (Fsp3) is 0.308. The van der Waals surface area contributed by atoms with E-state index in [2.05, 4.69) is 4.98 Å². The smallest absolute Gasteiger partial charge is 0.124 e. The molecule has 0 amide bonds. The van der Waals surface area contributed by atoms with E-state index in [4.69, 9.17) is 15.2 Å². The number of aromatic nitrogens is 1. The van der Waals surface area contributed by atoms with Gasteiger partial charge in [-0.3, -0.25) is 0 Å². The number of ether oxygens (including phenoxy) is 2. The Hall–Kier alpha value is -1.59. The number of methoxy groups -OCH3 is 2. The second-order valence-corrected chi connectivity index (χ2v) is 4.77. The topological polar surface area (TPSA) is 57.4 Å². The van der Waals surface area contributed by atoms with Gasteiger partial charge in [-0.1, -0.05) is 0 Å². The number of hydrogen-bond acceptors (Lipinski definition) is 5. The van der Waals surface area contributed by atoms with Gasteiger partial charge in [0, 0.05) is 10.4 Å². The Kier molecular flexibility index (Phi) is 3.84. The predicted octanol–water partition coefficient (Wildman–Crippen LogP) is 2.52. The Morgan fingerprint density at radius 3 is 2.61 bits per heavy atom. The normalized spacial score (nSPS) is 12.2. The van der Waals surface area contributed by atoms with Crippen LogP contribution in [0.25, 0.3) is 0 Å². The Labute approximate surface area is 110 Å². The zero-order valence-corrected chi connectivity index (χ0v) is 11.5. The summed E-state index contributed by atoms with van der Waals surface area (Å²) in [6, 6.07) is 5.38. The van der Waals surface area contributed by atoms with Crippen LogP contribution in [-0.2, 0) is 0 Å². The molecule has 0 radical (unpaired) electrons. The minimum Gasteiger partial charge on any atom is -0.497 e. The summed E-state index contributed by atoms with van der Waals surface area (Å²) in [6.07, 6.45) is 0. The number of hydrogen-bond donors (Lipinski definition) is 1. The van der Waals surface area contributed by atoms with Crippen LogP contribution in [0.4, 0.5) is 0 Å². The Balaban J connectivity index is 2.45. The maximum absolute atomic E-state index is 6.30. The lowest BCUT2D eigenvalue weighted by Gasteiger charge is -2.16. The van der Waals surface area contributed by atoms with Crippen LogP contribution in [-0.4, -0.2) is 19.2 Å². The molecular weight excluding hydrogens is 248 g/mol. The molecule has 0 aliphatic heterocycles. The van der Waals surface area contributed by atoms with Crippen LogP contribution < -0.4 is 15.2 Å². The van der Waals surface area contributed by atoms with Crippen molar-refractivity contribution in [3.63, 3.8) is 0 Å². The van der Waals surface area contributed by atoms with Crippen LogP contribution >= 0.6 is 11.3 Å². The van der Waals surface area contributed by atoms with Crippen molar-refractivity contribution in [3.8, 4) is 11.5 Å². The Morgan fingerprint density at radius 1 is 1.28 bits per heavy atom. The van der Waals surface area contributed by atoms with Crippen molar-refractivity contribution in [2.24, 2.45) is 5.73 Å². The van der Waals surface area contributed by atoms with Gasteiger partial charge in [0.1, 0.15) is 11.5 Å². The minimum absolute atomic E-state index is 0.248. The third kappa shape index (κ3) is 2.32. The predicted molar refractivity (Wildman–Crippen MR) is 72.4 cm³/mol. The quantitative estimate of drug-likeness (QED) is 0.922. The number of nitrogens with two attached hydrogens (primary N) is 1. The highest BCUT2D eigenvalue weighted by molar-refractivity contribution is 7.09. The Morgan fingerprint density at radius 2 is 2.06 bits per heavy atom. The fourth-order valence-corrected chi connectivity index (χ4v) is 2.65. The maximum Gasteiger partial charge on any atom is 0.124 e. The molecule has 5 heteroatoms. The average molecular weight is 264 g/mol. The van der Waals surface area contributed by atoms with Gasteiger partial charge < -0.3 is 15.2 Å². The first-order valence-corrected chi connectivity index (χ1v) is 6.42. The zero-order chi connectivity index (χ0) is 13.1. The average Bonchev–Trinajstić information content (AvgIpc) is 2.83. The molecule has 1 heterocycles. The molecule has 2 N–H and O–H groups in total. The molecule has 0 saturated carbocycles. The van der Waals surface area contributed by atoms with E-state index in [1.807, 2.05) is 25.1 Å². The Bertz CT molecular complexity index is 540. The van der Waals surface area contributed by atoms with Crippen LogP contribution in [0.2, 0.25) is 0 Å². The van der Waals surface area contributed by atoms with Gasteiger partial charge in [-0.15, -0.1) is 11.3 Å². The molecule has 0 aliphatic rings. The summed E-state index contributed by atoms with van der Waals surface area (Å²) in [5, 5.41) is 0. The fourth-order valence-electron chi connectivity index (χ4n) is 1.83. The third-order valence-corrected chi connectivity index (χ3v) is 3.85. The van der Waals surface area contributed by atoms with Crippen molar-refractivity contribution in [2.75, 3.05) is 14.2 Å². The monoisotopic (exact) mass is 264 g/mol. The molecule has 0 bridgehead atoms. The van der Waals surface area contributed by atoms with Gasteiger partial charge >= 0.3 is 0 Å². The van der Waals surface area contributed by atoms with Gasteiger partial charge in [-0.2, -0.15) is 0 Å². The lowest BCUT2D eigenvalue weighted by atomic mass is 10.0. The third-order valence-electron chi connectivity index (χ3n) is 2.84. The number of rotatable bonds is 4. The van der Waals surface area contributed by atoms with Crippen molar-refractivity contribution in [1.82, 2.24) is 4.98 Å². The molecule has 96 valence electrons. The van der Waals surface area contributed by atoms with E-state index >= 15 is 0 Å². The highest BCUT2D eigenvalue weighted by Gasteiger charge is 2.18. The van der Waals surface area contributed by atoms with Crippen molar-refractivity contribution in [1.29, 1.82) is 0 Å². The molecule has 0 aliphatic carbocycles. The standard InChI is InChI=1S/C13H16N2O2S/c1-8-13(18-7-15-8)12(14)10-6-9(16-2)4-5-11(10)17-3/h4-7,12H,14H2,1-3H3. The van der Waals surface area contributed by atoms with Crippen molar-refractivity contribution < 1.29 is 9.47 Å². The van der Waals surface area contributed by atoms with Gasteiger partial charge in [-0.05, 0) is 25.1 Å². The first-order chi connectivity index (χ1) is 8.67. The molecule has 1 atom stereocenters. The van der Waals surface area contributed by atoms with E-state index in [1.165, 1.54) is 0 Å². The van der Waals surface area contributed by atoms with Gasteiger partial charge in [0.15, 0.2) is 0 Å². The van der Waals surface area contributed by atoms with E-state index in [-0.39, 0.29) is 6.04 Å². The second kappa shape index (κ2) is 5.37. The molecule has 0 fully saturated rings. The van der Waals surface area contributed by atoms with E-state index in [9.17, 15) is 0 Å². The highest BCUT2D eigenvalue weighted by atomic mass is 32.1. The molecule has 0 saturated heterocycles. The molecule has 1 aromatic carbocycles. The summed E-state index contributed by atoms with van der Waals surface area (Å²) in [5.74, 6) is 1.53. The van der Waals surface area contributed by atoms with E-state index in [0.29, 0.717) is 0 Å². The molecular formula is C13H16N2O2S. The van der Waals surface area contributed by atoms with Crippen molar-refractivity contribution in [3.05, 3.63) is 39.8 Å². The van der Waals surface area contributed by atoms with Crippen LogP contribution in [0.1, 0.15) is 22.2 Å². The zero-order valence-electron chi connectivity index (χ0n) is 10.6. The molecule has 18 heavy (non-hydrogen) atoms. The van der Waals surface area contributed by atoms with Gasteiger partial charge in [0.05, 0.1) is 31.5 Å². The molecule has 2 rings (SSSR count). The second-order valence-electron chi connectivity index (χ2n) is 3.89. The summed E-state index contributed by atoms with van der Waals surface area (Å²) in [4.78, 5) is 5.27. The van der Waals surface area contributed by atoms with Crippen molar-refractivity contribution in [2.45, 2.75) is 13.0 Å². The number of aryl methyl sites for hydroxylation is 1. The summed E-state index contributed by atoms with van der Waals surface area (Å²) in [5.41, 5.74) is 9.96. The molecule has 1 unspecified atom stereocenters. The van der Waals surface area contributed by atoms with Gasteiger partial charge in [-0.25, -0.2) is 4.98 Å². The van der Waals surface area contributed by atoms with E-state index in [1.54, 1.807) is 31.1 Å². The molecule has 1 aromatic heterocycles. The maximum atomic E-state index is 6.30. The first-order valence-electron chi connectivity index (χ1n) is 5.55. The van der Waals surface area contributed by atoms with Crippen LogP contribution in [0.15, 0.2) is 23.7 Å². The summed E-state index contributed by atoms with van der Waals surface area (Å²) < 4.78 is 10.6. The lowest BCUT2D eigenvalue weighted by Crippen LogP contribution is -2.13. The van der Waals surface area contributed by atoms with Crippen LogP contribution in [0.5, 0.6) is 11.5 Å². The largest absolute Gasteiger partial charge is 0.497 e. The van der Waals surface area contributed by atoms with Gasteiger partial charge in [0.25, 0.3) is 0 Å². The molecule has 2 aromatic rings. The number of nitrogens with zero attached hydrogens (tertiary/aromatic N) is 1. The van der Waals surface area contributed by atoms with E-state index < -0.39 is 0 Å². The summed E-state index contributed by atoms with van der Waals surface area (Å²) >= 11 is 1.55. The lowest BCUT2D eigenvalue weighted by molar-refractivity contribution is 0.397.